The van der Waals surface area contributed by atoms with Crippen molar-refractivity contribution < 1.29 is 80.2 Å². The Labute approximate surface area is 594 Å². The summed E-state index contributed by atoms with van der Waals surface area (Å²) in [5.74, 6) is 1.01. The molecule has 0 aliphatic heterocycles. The summed E-state index contributed by atoms with van der Waals surface area (Å²) in [6, 6.07) is 0. The standard InChI is InChI=1S/C78H152O17P2/c1-9-70(7)56-48-40-32-26-28-35-43-51-59-76(81)89-65-74(95-78(83)61-53-45-37-29-27-33-41-49-57-71(8)10-2)67-93-97(86,87)91-63-72(79)62-90-96(84,85)92-66-73(64-88-75(80)58-50-42-34-24-21-17-19-23-31-39-47-55-69(5)6)94-77(82)60-52-44-36-25-20-16-14-12-11-13-15-18-22-30-38-46-54-68(3)4/h68-74,79H,9-67H2,1-8H3,(H,84,85)(H,86,87)/t70?,71?,72-,73-,74-/m1/s1. The van der Waals surface area contributed by atoms with Crippen LogP contribution in [0.4, 0.5) is 0 Å². The molecule has 7 atom stereocenters. The molecule has 0 rings (SSSR count). The largest absolute Gasteiger partial charge is 0.472 e. The Kier molecular flexibility index (Phi) is 65.9. The van der Waals surface area contributed by atoms with Gasteiger partial charge in [0, 0.05) is 25.7 Å². The fourth-order valence-corrected chi connectivity index (χ4v) is 13.4. The van der Waals surface area contributed by atoms with Crippen LogP contribution in [0.15, 0.2) is 0 Å². The van der Waals surface area contributed by atoms with Crippen molar-refractivity contribution in [3.63, 3.8) is 0 Å². The number of phosphoric ester groups is 2. The molecule has 3 N–H and O–H groups in total. The molecule has 19 heteroatoms. The van der Waals surface area contributed by atoms with E-state index in [1.54, 1.807) is 0 Å². The zero-order valence-corrected chi connectivity index (χ0v) is 65.5. The summed E-state index contributed by atoms with van der Waals surface area (Å²) in [6.07, 6.45) is 52.6. The molecule has 4 unspecified atom stereocenters. The zero-order chi connectivity index (χ0) is 71.7. The second-order valence-corrected chi connectivity index (χ2v) is 32.4. The highest BCUT2D eigenvalue weighted by molar-refractivity contribution is 7.47. The fourth-order valence-electron chi connectivity index (χ4n) is 11.8. The van der Waals surface area contributed by atoms with Crippen LogP contribution in [0, 0.1) is 23.7 Å². The predicted octanol–water partition coefficient (Wildman–Crippen LogP) is 22.8. The molecule has 0 saturated heterocycles. The number of esters is 4. The minimum absolute atomic E-state index is 0.104. The van der Waals surface area contributed by atoms with Gasteiger partial charge in [-0.05, 0) is 49.4 Å². The van der Waals surface area contributed by atoms with Crippen molar-refractivity contribution in [2.45, 2.75) is 414 Å². The average Bonchev–Trinajstić information content (AvgIpc) is 1.63. The molecule has 0 spiro atoms. The van der Waals surface area contributed by atoms with Gasteiger partial charge in [-0.15, -0.1) is 0 Å². The maximum Gasteiger partial charge on any atom is 0.472 e. The van der Waals surface area contributed by atoms with Gasteiger partial charge in [0.1, 0.15) is 19.3 Å². The number of carbonyl (C=O) groups excluding carboxylic acids is 4. The monoisotopic (exact) mass is 1420 g/mol. The second kappa shape index (κ2) is 67.2. The van der Waals surface area contributed by atoms with Crippen molar-refractivity contribution in [3.8, 4) is 0 Å². The summed E-state index contributed by atoms with van der Waals surface area (Å²) in [5, 5.41) is 10.6. The van der Waals surface area contributed by atoms with Gasteiger partial charge in [0.25, 0.3) is 0 Å². The Bertz CT molecular complexity index is 1910. The normalized spacial score (nSPS) is 14.6. The van der Waals surface area contributed by atoms with Crippen LogP contribution in [0.25, 0.3) is 0 Å². The van der Waals surface area contributed by atoms with E-state index in [4.69, 9.17) is 37.0 Å². The van der Waals surface area contributed by atoms with E-state index in [0.29, 0.717) is 25.7 Å². The summed E-state index contributed by atoms with van der Waals surface area (Å²) in [4.78, 5) is 72.9. The van der Waals surface area contributed by atoms with Gasteiger partial charge in [0.15, 0.2) is 12.2 Å². The zero-order valence-electron chi connectivity index (χ0n) is 63.7. The first-order chi connectivity index (χ1) is 46.7. The van der Waals surface area contributed by atoms with Crippen LogP contribution in [-0.2, 0) is 65.4 Å². The van der Waals surface area contributed by atoms with Crippen molar-refractivity contribution >= 4 is 39.5 Å². The van der Waals surface area contributed by atoms with Gasteiger partial charge >= 0.3 is 39.5 Å². The topological polar surface area (TPSA) is 237 Å². The van der Waals surface area contributed by atoms with Crippen LogP contribution in [-0.4, -0.2) is 96.7 Å². The predicted molar refractivity (Wildman–Crippen MR) is 395 cm³/mol. The number of rotatable bonds is 75. The van der Waals surface area contributed by atoms with E-state index in [0.717, 1.165) is 114 Å². The molecule has 0 heterocycles. The third kappa shape index (κ3) is 69.5. The Balaban J connectivity index is 5.26. The molecular formula is C78H152O17P2. The van der Waals surface area contributed by atoms with Gasteiger partial charge in [-0.1, -0.05) is 344 Å². The van der Waals surface area contributed by atoms with Crippen LogP contribution in [0.2, 0.25) is 0 Å². The molecule has 97 heavy (non-hydrogen) atoms. The summed E-state index contributed by atoms with van der Waals surface area (Å²) in [7, 11) is -9.92. The maximum atomic E-state index is 13.1. The van der Waals surface area contributed by atoms with Crippen LogP contribution in [0.3, 0.4) is 0 Å². The van der Waals surface area contributed by atoms with Crippen molar-refractivity contribution in [3.05, 3.63) is 0 Å². The lowest BCUT2D eigenvalue weighted by molar-refractivity contribution is -0.161. The molecule has 0 aliphatic carbocycles. The van der Waals surface area contributed by atoms with Crippen LogP contribution in [0.5, 0.6) is 0 Å². The Hall–Kier alpha value is -1.94. The number of phosphoric acid groups is 2. The van der Waals surface area contributed by atoms with Crippen LogP contribution < -0.4 is 0 Å². The Morgan fingerprint density at radius 2 is 0.495 bits per heavy atom. The van der Waals surface area contributed by atoms with Gasteiger partial charge in [-0.2, -0.15) is 0 Å². The van der Waals surface area contributed by atoms with Gasteiger partial charge in [0.05, 0.1) is 26.4 Å². The van der Waals surface area contributed by atoms with E-state index in [1.807, 2.05) is 0 Å². The highest BCUT2D eigenvalue weighted by Gasteiger charge is 2.30. The molecule has 0 aromatic carbocycles. The van der Waals surface area contributed by atoms with Gasteiger partial charge < -0.3 is 33.8 Å². The van der Waals surface area contributed by atoms with Gasteiger partial charge in [0.2, 0.25) is 0 Å². The van der Waals surface area contributed by atoms with E-state index >= 15 is 0 Å². The molecule has 0 bridgehead atoms. The van der Waals surface area contributed by atoms with Crippen molar-refractivity contribution in [2.24, 2.45) is 23.7 Å². The number of carbonyl (C=O) groups is 4. The third-order valence-electron chi connectivity index (χ3n) is 18.8. The lowest BCUT2D eigenvalue weighted by Gasteiger charge is -2.21. The van der Waals surface area contributed by atoms with Gasteiger partial charge in [-0.25, -0.2) is 9.13 Å². The minimum atomic E-state index is -4.96. The lowest BCUT2D eigenvalue weighted by atomic mass is 9.99. The quantitative estimate of drug-likeness (QED) is 0.0222. The molecule has 0 radical (unpaired) electrons. The molecule has 0 saturated carbocycles. The van der Waals surface area contributed by atoms with Crippen LogP contribution >= 0.6 is 15.6 Å². The summed E-state index contributed by atoms with van der Waals surface area (Å²) in [6.45, 7) is 14.3. The van der Waals surface area contributed by atoms with Gasteiger partial charge in [-0.3, -0.25) is 37.3 Å². The van der Waals surface area contributed by atoms with E-state index < -0.39 is 97.5 Å². The molecule has 0 aliphatic rings. The van der Waals surface area contributed by atoms with E-state index in [1.165, 1.54) is 199 Å². The number of unbranched alkanes of at least 4 members (excludes halogenated alkanes) is 39. The highest BCUT2D eigenvalue weighted by Crippen LogP contribution is 2.45. The minimum Gasteiger partial charge on any atom is -0.462 e. The van der Waals surface area contributed by atoms with Crippen LogP contribution in [0.1, 0.15) is 396 Å². The molecule has 17 nitrogen and oxygen atoms in total. The molecule has 0 aromatic rings. The maximum absolute atomic E-state index is 13.1. The first-order valence-electron chi connectivity index (χ1n) is 40.3. The number of ether oxygens (including phenoxy) is 4. The summed E-state index contributed by atoms with van der Waals surface area (Å²) in [5.41, 5.74) is 0. The second-order valence-electron chi connectivity index (χ2n) is 29.5. The first kappa shape index (κ1) is 95.1. The van der Waals surface area contributed by atoms with E-state index in [-0.39, 0.29) is 25.7 Å². The van der Waals surface area contributed by atoms with Crippen molar-refractivity contribution in [1.82, 2.24) is 0 Å². The molecule has 0 aromatic heterocycles. The summed E-state index contributed by atoms with van der Waals surface area (Å²) < 4.78 is 68.6. The smallest absolute Gasteiger partial charge is 0.462 e. The Morgan fingerprint density at radius 1 is 0.289 bits per heavy atom. The SMILES string of the molecule is CCC(C)CCCCCCCCCCC(=O)OC[C@H](COP(=O)(O)OC[C@H](O)COP(=O)(O)OC[C@@H](COC(=O)CCCCCCCCCCCCCC(C)C)OC(=O)CCCCCCCCCCCCCCCCCCC(C)C)OC(=O)CCCCCCCCCCC(C)CC. The fraction of sp³-hybridized carbons (Fsp3) is 0.949. The molecule has 0 fully saturated rings. The average molecular weight is 1420 g/mol. The highest BCUT2D eigenvalue weighted by atomic mass is 31.2. The van der Waals surface area contributed by atoms with E-state index in [2.05, 4.69) is 55.4 Å². The molecular weight excluding hydrogens is 1270 g/mol. The Morgan fingerprint density at radius 3 is 0.732 bits per heavy atom. The number of hydrogen-bond donors (Lipinski definition) is 3. The molecule has 576 valence electrons. The lowest BCUT2D eigenvalue weighted by Crippen LogP contribution is -2.30. The number of aliphatic hydroxyl groups is 1. The van der Waals surface area contributed by atoms with Crippen molar-refractivity contribution in [2.75, 3.05) is 39.6 Å². The number of hydrogen-bond acceptors (Lipinski definition) is 15. The van der Waals surface area contributed by atoms with E-state index in [9.17, 15) is 43.2 Å². The third-order valence-corrected chi connectivity index (χ3v) is 20.7. The molecule has 0 amide bonds. The van der Waals surface area contributed by atoms with Crippen molar-refractivity contribution in [1.29, 1.82) is 0 Å². The summed E-state index contributed by atoms with van der Waals surface area (Å²) >= 11 is 0. The first-order valence-corrected chi connectivity index (χ1v) is 43.3. The number of aliphatic hydroxyl groups excluding tert-OH is 1.